The molecule has 4 heteroatoms. The quantitative estimate of drug-likeness (QED) is 0.289. The first-order chi connectivity index (χ1) is 17.3. The van der Waals surface area contributed by atoms with E-state index < -0.39 is 5.60 Å². The van der Waals surface area contributed by atoms with Crippen LogP contribution < -0.4 is 10.6 Å². The highest BCUT2D eigenvalue weighted by atomic mass is 16.3. The second-order valence-corrected chi connectivity index (χ2v) is 14.9. The SMILES string of the molecule is CCCCC[C@@H]1C[C@H]2[C@H](NCCNC)[C@@H]3C=C[C@@]45[C@@H](O)[C@@H]6C=C[C@@H]7C[C@]6(C)C[C@](O)(C7)[C@]4(C3)C[C@@]25C1. The van der Waals surface area contributed by atoms with Gasteiger partial charge in [0.1, 0.15) is 0 Å². The Kier molecular flexibility index (Phi) is 5.37. The minimum atomic E-state index is -0.663. The molecule has 0 aromatic carbocycles. The highest BCUT2D eigenvalue weighted by Crippen LogP contribution is 2.89. The van der Waals surface area contributed by atoms with Crippen molar-refractivity contribution in [1.29, 1.82) is 0 Å². The summed E-state index contributed by atoms with van der Waals surface area (Å²) < 4.78 is 0. The van der Waals surface area contributed by atoms with Crippen molar-refractivity contribution in [2.45, 2.75) is 102 Å². The molecule has 0 saturated heterocycles. The molecule has 0 aromatic rings. The molecule has 0 radical (unpaired) electrons. The molecule has 0 unspecified atom stereocenters. The first-order valence-electron chi connectivity index (χ1n) is 15.4. The zero-order valence-corrected chi connectivity index (χ0v) is 22.9. The zero-order chi connectivity index (χ0) is 25.0. The van der Waals surface area contributed by atoms with Gasteiger partial charge in [0.2, 0.25) is 0 Å². The molecule has 36 heavy (non-hydrogen) atoms. The second-order valence-electron chi connectivity index (χ2n) is 14.9. The number of allylic oxidation sites excluding steroid dienone is 1. The number of nitrogens with one attached hydrogen (secondary N) is 2. The molecule has 0 aliphatic heterocycles. The third-order valence-corrected chi connectivity index (χ3v) is 13.4. The minimum absolute atomic E-state index is 0.0102. The fourth-order valence-corrected chi connectivity index (χ4v) is 12.5. The van der Waals surface area contributed by atoms with Gasteiger partial charge in [-0.3, -0.25) is 0 Å². The molecule has 4 N–H and O–H groups in total. The van der Waals surface area contributed by atoms with E-state index in [0.29, 0.717) is 23.8 Å². The summed E-state index contributed by atoms with van der Waals surface area (Å²) in [4.78, 5) is 0. The Bertz CT molecular complexity index is 964. The number of likely N-dealkylation sites (N-methyl/N-ethyl adjacent to an activating group) is 1. The van der Waals surface area contributed by atoms with E-state index in [2.05, 4.69) is 48.8 Å². The number of hydrogen-bond donors (Lipinski definition) is 4. The predicted octanol–water partition coefficient (Wildman–Crippen LogP) is 4.82. The number of aliphatic hydroxyl groups excluding tert-OH is 1. The third-order valence-electron chi connectivity index (χ3n) is 13.4. The number of unbranched alkanes of at least 4 members (excludes halogenated alkanes) is 2. The van der Waals surface area contributed by atoms with E-state index in [1.165, 1.54) is 38.5 Å². The van der Waals surface area contributed by atoms with Crippen LogP contribution in [0.2, 0.25) is 0 Å². The summed E-state index contributed by atoms with van der Waals surface area (Å²) >= 11 is 0. The van der Waals surface area contributed by atoms with Gasteiger partial charge in [-0.1, -0.05) is 63.8 Å². The van der Waals surface area contributed by atoms with Gasteiger partial charge in [-0.05, 0) is 86.5 Å². The van der Waals surface area contributed by atoms with Gasteiger partial charge in [0, 0.05) is 35.9 Å². The minimum Gasteiger partial charge on any atom is -0.392 e. The first-order valence-corrected chi connectivity index (χ1v) is 15.4. The zero-order valence-electron chi connectivity index (χ0n) is 22.9. The summed E-state index contributed by atoms with van der Waals surface area (Å²) in [7, 11) is 2.04. The molecule has 7 bridgehead atoms. The van der Waals surface area contributed by atoms with Crippen LogP contribution in [0.5, 0.6) is 0 Å². The van der Waals surface area contributed by atoms with E-state index in [-0.39, 0.29) is 33.7 Å². The summed E-state index contributed by atoms with van der Waals surface area (Å²) in [6.45, 7) is 6.69. The van der Waals surface area contributed by atoms with Crippen LogP contribution in [-0.4, -0.2) is 48.1 Å². The second kappa shape index (κ2) is 7.93. The molecule has 12 atom stereocenters. The van der Waals surface area contributed by atoms with Gasteiger partial charge in [0.25, 0.3) is 0 Å². The normalized spacial score (nSPS) is 57.2. The van der Waals surface area contributed by atoms with Gasteiger partial charge in [0.05, 0.1) is 11.7 Å². The lowest BCUT2D eigenvalue weighted by molar-refractivity contribution is -0.317. The van der Waals surface area contributed by atoms with Crippen LogP contribution in [0.15, 0.2) is 24.3 Å². The smallest absolute Gasteiger partial charge is 0.0724 e. The van der Waals surface area contributed by atoms with Crippen molar-refractivity contribution in [1.82, 2.24) is 10.6 Å². The molecular weight excluding hydrogens is 444 g/mol. The Morgan fingerprint density at radius 1 is 1.00 bits per heavy atom. The number of fused-ring (bicyclic) bond motifs is 2. The summed E-state index contributed by atoms with van der Waals surface area (Å²) in [5, 5.41) is 33.0. The Hall–Kier alpha value is -0.680. The average molecular weight is 495 g/mol. The summed E-state index contributed by atoms with van der Waals surface area (Å²) in [5.41, 5.74) is -0.978. The maximum Gasteiger partial charge on any atom is 0.0724 e. The van der Waals surface area contributed by atoms with E-state index in [9.17, 15) is 10.2 Å². The van der Waals surface area contributed by atoms with Gasteiger partial charge >= 0.3 is 0 Å². The molecule has 9 rings (SSSR count). The van der Waals surface area contributed by atoms with Crippen molar-refractivity contribution in [3.63, 3.8) is 0 Å². The van der Waals surface area contributed by atoms with Crippen molar-refractivity contribution in [2.75, 3.05) is 20.1 Å². The molecule has 6 fully saturated rings. The van der Waals surface area contributed by atoms with Gasteiger partial charge in [-0.2, -0.15) is 0 Å². The average Bonchev–Trinajstić information content (AvgIpc) is 3.08. The lowest BCUT2D eigenvalue weighted by Gasteiger charge is -2.76. The van der Waals surface area contributed by atoms with Gasteiger partial charge < -0.3 is 20.8 Å². The summed E-state index contributed by atoms with van der Waals surface area (Å²) in [5.74, 6) is 2.46. The molecule has 9 aliphatic rings. The first kappa shape index (κ1) is 24.4. The fourth-order valence-electron chi connectivity index (χ4n) is 12.5. The standard InChI is InChI=1S/C32H50N2O2/c1-4-5-6-7-21-14-25-26(34-13-12-33-3)23-10-11-32-27(35)24-9-8-22-15-28(24,2)19-31(36,17-22)30(32,18-23)20-29(25,32)16-21/h8-11,21-27,33-36H,4-7,12-20H2,1-3H3/t21-,22-,23-,24+,25+,26-,27+,28-,29+,30+,31-,32+/m1/s1. The van der Waals surface area contributed by atoms with Crippen LogP contribution >= 0.6 is 0 Å². The molecule has 0 amide bonds. The van der Waals surface area contributed by atoms with E-state index in [4.69, 9.17) is 0 Å². The van der Waals surface area contributed by atoms with Crippen LogP contribution in [0.1, 0.15) is 84.5 Å². The van der Waals surface area contributed by atoms with Crippen LogP contribution in [-0.2, 0) is 0 Å². The monoisotopic (exact) mass is 494 g/mol. The maximum atomic E-state index is 12.9. The van der Waals surface area contributed by atoms with Gasteiger partial charge in [0.15, 0.2) is 0 Å². The molecule has 0 heterocycles. The molecule has 0 aromatic heterocycles. The van der Waals surface area contributed by atoms with E-state index in [1.54, 1.807) is 0 Å². The number of rotatable bonds is 8. The Labute approximate surface area is 218 Å². The Morgan fingerprint density at radius 2 is 1.86 bits per heavy atom. The Morgan fingerprint density at radius 3 is 2.67 bits per heavy atom. The topological polar surface area (TPSA) is 64.5 Å². The van der Waals surface area contributed by atoms with Crippen molar-refractivity contribution in [3.05, 3.63) is 24.3 Å². The van der Waals surface area contributed by atoms with E-state index in [1.807, 2.05) is 7.05 Å². The Balaban J connectivity index is 1.36. The largest absolute Gasteiger partial charge is 0.392 e. The molecule has 9 aliphatic carbocycles. The van der Waals surface area contributed by atoms with E-state index >= 15 is 0 Å². The van der Waals surface area contributed by atoms with Crippen molar-refractivity contribution in [2.24, 2.45) is 51.2 Å². The van der Waals surface area contributed by atoms with Crippen molar-refractivity contribution >= 4 is 0 Å². The van der Waals surface area contributed by atoms with Crippen molar-refractivity contribution in [3.8, 4) is 0 Å². The lowest BCUT2D eigenvalue weighted by atomic mass is 9.28. The molecule has 3 spiro atoms. The van der Waals surface area contributed by atoms with Crippen molar-refractivity contribution < 1.29 is 10.2 Å². The summed E-state index contributed by atoms with van der Waals surface area (Å²) in [6.07, 6.45) is 22.4. The lowest BCUT2D eigenvalue weighted by Crippen LogP contribution is -2.77. The number of aliphatic hydroxyl groups is 2. The van der Waals surface area contributed by atoms with Crippen LogP contribution in [0.25, 0.3) is 0 Å². The van der Waals surface area contributed by atoms with Crippen LogP contribution in [0.4, 0.5) is 0 Å². The third kappa shape index (κ3) is 2.71. The number of hydrogen-bond acceptors (Lipinski definition) is 4. The highest BCUT2D eigenvalue weighted by Gasteiger charge is 2.87. The fraction of sp³-hybridized carbons (Fsp3) is 0.875. The van der Waals surface area contributed by atoms with Gasteiger partial charge in [-0.15, -0.1) is 0 Å². The molecular formula is C32H50N2O2. The molecule has 4 nitrogen and oxygen atoms in total. The predicted molar refractivity (Wildman–Crippen MR) is 144 cm³/mol. The summed E-state index contributed by atoms with van der Waals surface area (Å²) in [6, 6.07) is 0.468. The molecule has 200 valence electrons. The van der Waals surface area contributed by atoms with Gasteiger partial charge in [-0.25, -0.2) is 0 Å². The van der Waals surface area contributed by atoms with E-state index in [0.717, 1.165) is 51.1 Å². The van der Waals surface area contributed by atoms with Crippen LogP contribution in [0.3, 0.4) is 0 Å². The molecule has 6 saturated carbocycles. The highest BCUT2D eigenvalue weighted by molar-refractivity contribution is 5.44. The maximum absolute atomic E-state index is 12.9. The van der Waals surface area contributed by atoms with Crippen LogP contribution in [0, 0.1) is 51.2 Å².